The summed E-state index contributed by atoms with van der Waals surface area (Å²) in [5, 5.41) is 23.3. The van der Waals surface area contributed by atoms with Gasteiger partial charge in [-0.1, -0.05) is 0 Å². The van der Waals surface area contributed by atoms with Crippen molar-refractivity contribution in [2.24, 2.45) is 7.05 Å². The minimum atomic E-state index is -0.0439. The van der Waals surface area contributed by atoms with Crippen LogP contribution >= 0.6 is 0 Å². The van der Waals surface area contributed by atoms with E-state index in [4.69, 9.17) is 5.11 Å². The number of aromatic nitrogens is 2. The van der Waals surface area contributed by atoms with Crippen LogP contribution in [0.15, 0.2) is 18.2 Å². The molecule has 2 rings (SSSR count). The molecule has 68 valence electrons. The standard InChI is InChI=1S/C9H10N2O2/c1-11-9(5-12)7-3-2-6(13)4-8(7)10-11/h2-4,12-13H,5H2,1H3. The molecule has 4 heteroatoms. The number of aromatic hydroxyl groups is 1. The summed E-state index contributed by atoms with van der Waals surface area (Å²) in [4.78, 5) is 0. The van der Waals surface area contributed by atoms with Crippen LogP contribution in [0.5, 0.6) is 5.75 Å². The molecule has 0 atom stereocenters. The third-order valence-corrected chi connectivity index (χ3v) is 2.09. The van der Waals surface area contributed by atoms with E-state index in [9.17, 15) is 5.11 Å². The lowest BCUT2D eigenvalue weighted by atomic mass is 10.2. The van der Waals surface area contributed by atoms with Gasteiger partial charge in [0.2, 0.25) is 0 Å². The second-order valence-corrected chi connectivity index (χ2v) is 2.93. The molecule has 0 bridgehead atoms. The Labute approximate surface area is 75.0 Å². The summed E-state index contributed by atoms with van der Waals surface area (Å²) in [5.41, 5.74) is 1.46. The summed E-state index contributed by atoms with van der Waals surface area (Å²) in [6, 6.07) is 4.92. The summed E-state index contributed by atoms with van der Waals surface area (Å²) in [6.07, 6.45) is 0. The molecule has 4 nitrogen and oxygen atoms in total. The predicted octanol–water partition coefficient (Wildman–Crippen LogP) is 0.771. The molecule has 1 aromatic carbocycles. The molecule has 0 amide bonds. The van der Waals surface area contributed by atoms with Crippen molar-refractivity contribution >= 4 is 10.9 Å². The van der Waals surface area contributed by atoms with Gasteiger partial charge in [0.25, 0.3) is 0 Å². The normalized spacial score (nSPS) is 10.9. The Bertz CT molecular complexity index is 448. The van der Waals surface area contributed by atoms with Gasteiger partial charge in [-0.05, 0) is 12.1 Å². The predicted molar refractivity (Wildman–Crippen MR) is 48.3 cm³/mol. The van der Waals surface area contributed by atoms with Crippen LogP contribution in [0.1, 0.15) is 5.69 Å². The zero-order valence-electron chi connectivity index (χ0n) is 7.23. The molecule has 2 N–H and O–H groups in total. The molecule has 0 aliphatic carbocycles. The van der Waals surface area contributed by atoms with Crippen LogP contribution in [-0.4, -0.2) is 20.0 Å². The highest BCUT2D eigenvalue weighted by molar-refractivity contribution is 5.82. The SMILES string of the molecule is Cn1nc2cc(O)ccc2c1CO. The van der Waals surface area contributed by atoms with Crippen molar-refractivity contribution in [2.45, 2.75) is 6.61 Å². The van der Waals surface area contributed by atoms with Gasteiger partial charge in [0, 0.05) is 18.5 Å². The van der Waals surface area contributed by atoms with E-state index in [1.54, 1.807) is 29.9 Å². The van der Waals surface area contributed by atoms with Crippen LogP contribution in [0.3, 0.4) is 0 Å². The number of phenols is 1. The third kappa shape index (κ3) is 1.15. The molecule has 0 fully saturated rings. The number of hydrogen-bond acceptors (Lipinski definition) is 3. The van der Waals surface area contributed by atoms with Crippen molar-refractivity contribution in [1.29, 1.82) is 0 Å². The third-order valence-electron chi connectivity index (χ3n) is 2.09. The van der Waals surface area contributed by atoms with E-state index in [1.807, 2.05) is 0 Å². The van der Waals surface area contributed by atoms with E-state index in [1.165, 1.54) is 0 Å². The highest BCUT2D eigenvalue weighted by atomic mass is 16.3. The average molecular weight is 178 g/mol. The van der Waals surface area contributed by atoms with Gasteiger partial charge in [0.05, 0.1) is 17.8 Å². The zero-order valence-corrected chi connectivity index (χ0v) is 7.23. The lowest BCUT2D eigenvalue weighted by molar-refractivity contribution is 0.272. The Morgan fingerprint density at radius 2 is 2.23 bits per heavy atom. The van der Waals surface area contributed by atoms with Crippen LogP contribution in [-0.2, 0) is 13.7 Å². The smallest absolute Gasteiger partial charge is 0.117 e. The highest BCUT2D eigenvalue weighted by Gasteiger charge is 2.07. The quantitative estimate of drug-likeness (QED) is 0.678. The summed E-state index contributed by atoms with van der Waals surface area (Å²) in [7, 11) is 1.77. The molecule has 0 radical (unpaired) electrons. The highest BCUT2D eigenvalue weighted by Crippen LogP contribution is 2.21. The second kappa shape index (κ2) is 2.74. The second-order valence-electron chi connectivity index (χ2n) is 2.93. The Morgan fingerprint density at radius 1 is 1.46 bits per heavy atom. The number of aliphatic hydroxyl groups is 1. The number of phenolic OH excluding ortho intramolecular Hbond substituents is 1. The molecule has 2 aromatic rings. The average Bonchev–Trinajstić information content (AvgIpc) is 2.39. The van der Waals surface area contributed by atoms with Crippen molar-refractivity contribution in [3.8, 4) is 5.75 Å². The Balaban J connectivity index is 2.79. The maximum atomic E-state index is 9.19. The Morgan fingerprint density at radius 3 is 2.92 bits per heavy atom. The van der Waals surface area contributed by atoms with E-state index in [0.29, 0.717) is 5.52 Å². The first kappa shape index (κ1) is 8.07. The number of rotatable bonds is 1. The summed E-state index contributed by atoms with van der Waals surface area (Å²) in [5.74, 6) is 0.190. The lowest BCUT2D eigenvalue weighted by Gasteiger charge is -1.95. The number of benzene rings is 1. The van der Waals surface area contributed by atoms with Crippen molar-refractivity contribution in [3.63, 3.8) is 0 Å². The van der Waals surface area contributed by atoms with Crippen LogP contribution in [0.4, 0.5) is 0 Å². The molecule has 1 heterocycles. The minimum absolute atomic E-state index is 0.0439. The Hall–Kier alpha value is -1.55. The summed E-state index contributed by atoms with van der Waals surface area (Å²) >= 11 is 0. The van der Waals surface area contributed by atoms with E-state index in [2.05, 4.69) is 5.10 Å². The van der Waals surface area contributed by atoms with Crippen LogP contribution in [0.25, 0.3) is 10.9 Å². The molecule has 0 saturated carbocycles. The maximum Gasteiger partial charge on any atom is 0.117 e. The number of hydrogen-bond donors (Lipinski definition) is 2. The number of aliphatic hydroxyl groups excluding tert-OH is 1. The number of fused-ring (bicyclic) bond motifs is 1. The largest absolute Gasteiger partial charge is 0.508 e. The van der Waals surface area contributed by atoms with Crippen LogP contribution in [0, 0.1) is 0 Å². The topological polar surface area (TPSA) is 58.3 Å². The van der Waals surface area contributed by atoms with E-state index in [0.717, 1.165) is 11.1 Å². The molecule has 13 heavy (non-hydrogen) atoms. The fourth-order valence-electron chi connectivity index (χ4n) is 1.43. The van der Waals surface area contributed by atoms with Gasteiger partial charge in [0.15, 0.2) is 0 Å². The number of nitrogens with zero attached hydrogens (tertiary/aromatic N) is 2. The number of aryl methyl sites for hydroxylation is 1. The van der Waals surface area contributed by atoms with Crippen LogP contribution in [0.2, 0.25) is 0 Å². The van der Waals surface area contributed by atoms with E-state index >= 15 is 0 Å². The van der Waals surface area contributed by atoms with Gasteiger partial charge >= 0.3 is 0 Å². The van der Waals surface area contributed by atoms with Crippen molar-refractivity contribution < 1.29 is 10.2 Å². The summed E-state index contributed by atoms with van der Waals surface area (Å²) < 4.78 is 1.62. The summed E-state index contributed by atoms with van der Waals surface area (Å²) in [6.45, 7) is -0.0439. The maximum absolute atomic E-state index is 9.19. The molecule has 0 aliphatic heterocycles. The van der Waals surface area contributed by atoms with Gasteiger partial charge in [-0.25, -0.2) is 0 Å². The van der Waals surface area contributed by atoms with Gasteiger partial charge in [-0.2, -0.15) is 5.10 Å². The first-order chi connectivity index (χ1) is 6.22. The lowest BCUT2D eigenvalue weighted by Crippen LogP contribution is -1.96. The van der Waals surface area contributed by atoms with Gasteiger partial charge in [0.1, 0.15) is 5.75 Å². The monoisotopic (exact) mass is 178 g/mol. The molecule has 1 aromatic heterocycles. The minimum Gasteiger partial charge on any atom is -0.508 e. The molecular formula is C9H10N2O2. The Kier molecular flexibility index (Phi) is 1.70. The van der Waals surface area contributed by atoms with Crippen molar-refractivity contribution in [3.05, 3.63) is 23.9 Å². The molecule has 0 spiro atoms. The molecule has 0 aliphatic rings. The fourth-order valence-corrected chi connectivity index (χ4v) is 1.43. The fraction of sp³-hybridized carbons (Fsp3) is 0.222. The molecular weight excluding hydrogens is 168 g/mol. The van der Waals surface area contributed by atoms with E-state index < -0.39 is 0 Å². The van der Waals surface area contributed by atoms with Crippen LogP contribution < -0.4 is 0 Å². The first-order valence-corrected chi connectivity index (χ1v) is 3.98. The van der Waals surface area contributed by atoms with Gasteiger partial charge < -0.3 is 10.2 Å². The van der Waals surface area contributed by atoms with Gasteiger partial charge in [-0.15, -0.1) is 0 Å². The first-order valence-electron chi connectivity index (χ1n) is 3.98. The molecule has 0 saturated heterocycles. The van der Waals surface area contributed by atoms with Gasteiger partial charge in [-0.3, -0.25) is 4.68 Å². The van der Waals surface area contributed by atoms with Crippen molar-refractivity contribution in [2.75, 3.05) is 0 Å². The zero-order chi connectivity index (χ0) is 9.42. The van der Waals surface area contributed by atoms with E-state index in [-0.39, 0.29) is 12.4 Å². The molecule has 0 unspecified atom stereocenters. The van der Waals surface area contributed by atoms with Crippen molar-refractivity contribution in [1.82, 2.24) is 9.78 Å².